The van der Waals surface area contributed by atoms with Gasteiger partial charge < -0.3 is 9.47 Å². The van der Waals surface area contributed by atoms with Crippen LogP contribution >= 0.6 is 0 Å². The number of hydrogen-bond donors (Lipinski definition) is 2. The van der Waals surface area contributed by atoms with Crippen molar-refractivity contribution >= 4 is 11.7 Å². The standard InChI is InChI=1S/C23H26F3N5O2/c1-30-9-8-27-21(30)20(32)15-5-3-2-4-14(15)13-6-7-16-18(10-13)31(12-23(24,25)26)22(33)17-11-28-29-19(16)17/h2-5,8-9,13,16-19,28-29H,6-7,10-12H2,1H3. The quantitative estimate of drug-likeness (QED) is 0.684. The third-order valence-corrected chi connectivity index (χ3v) is 7.37. The molecular weight excluding hydrogens is 435 g/mol. The number of nitrogens with zero attached hydrogens (tertiary/aromatic N) is 3. The van der Waals surface area contributed by atoms with Crippen LogP contribution in [0.2, 0.25) is 0 Å². The first-order valence-corrected chi connectivity index (χ1v) is 11.2. The minimum atomic E-state index is -4.47. The number of carbonyl (C=O) groups excluding carboxylic acids is 2. The Kier molecular flexibility index (Phi) is 5.52. The normalized spacial score (nSPS) is 29.6. The number of amides is 1. The van der Waals surface area contributed by atoms with Gasteiger partial charge in [-0.3, -0.25) is 20.4 Å². The molecule has 1 aromatic heterocycles. The number of aryl methyl sites for hydroxylation is 1. The zero-order valence-electron chi connectivity index (χ0n) is 18.2. The molecule has 176 valence electrons. The fourth-order valence-corrected chi connectivity index (χ4v) is 5.92. The lowest BCUT2D eigenvalue weighted by molar-refractivity contribution is -0.178. The van der Waals surface area contributed by atoms with E-state index in [0.717, 1.165) is 16.9 Å². The molecule has 0 spiro atoms. The maximum Gasteiger partial charge on any atom is 0.406 e. The van der Waals surface area contributed by atoms with E-state index in [2.05, 4.69) is 15.8 Å². The van der Waals surface area contributed by atoms with Crippen molar-refractivity contribution in [3.05, 3.63) is 53.6 Å². The number of hydrazine groups is 1. The van der Waals surface area contributed by atoms with E-state index in [0.29, 0.717) is 30.8 Å². The number of benzene rings is 1. The van der Waals surface area contributed by atoms with Gasteiger partial charge in [0.15, 0.2) is 5.82 Å². The Labute approximate surface area is 189 Å². The highest BCUT2D eigenvalue weighted by molar-refractivity contribution is 6.07. The Hall–Kier alpha value is -2.72. The maximum atomic E-state index is 13.4. The average Bonchev–Trinajstić information content (AvgIpc) is 3.44. The SMILES string of the molecule is Cn1ccnc1C(=O)c1ccccc1C1CCC2C3NNCC3C(=O)N(CC(F)(F)F)C2C1. The second-order valence-electron chi connectivity index (χ2n) is 9.26. The van der Waals surface area contributed by atoms with Crippen LogP contribution in [0.15, 0.2) is 36.7 Å². The first-order valence-electron chi connectivity index (χ1n) is 11.2. The van der Waals surface area contributed by atoms with Crippen molar-refractivity contribution in [3.8, 4) is 0 Å². The van der Waals surface area contributed by atoms with Crippen LogP contribution in [-0.2, 0) is 11.8 Å². The van der Waals surface area contributed by atoms with E-state index in [1.165, 1.54) is 0 Å². The number of hydrogen-bond acceptors (Lipinski definition) is 5. The molecule has 7 nitrogen and oxygen atoms in total. The predicted molar refractivity (Wildman–Crippen MR) is 113 cm³/mol. The number of ketones is 1. The summed E-state index contributed by atoms with van der Waals surface area (Å²) in [5, 5.41) is 0. The van der Waals surface area contributed by atoms with Gasteiger partial charge in [0.2, 0.25) is 11.7 Å². The van der Waals surface area contributed by atoms with E-state index in [1.54, 1.807) is 36.1 Å². The van der Waals surface area contributed by atoms with Crippen molar-refractivity contribution in [3.63, 3.8) is 0 Å². The number of halogens is 3. The number of fused-ring (bicyclic) bond motifs is 3. The minimum absolute atomic E-state index is 0.0706. The van der Waals surface area contributed by atoms with Gasteiger partial charge in [0.25, 0.3) is 0 Å². The molecule has 5 rings (SSSR count). The van der Waals surface area contributed by atoms with Crippen LogP contribution in [0.25, 0.3) is 0 Å². The van der Waals surface area contributed by atoms with E-state index < -0.39 is 30.6 Å². The largest absolute Gasteiger partial charge is 0.406 e. The summed E-state index contributed by atoms with van der Waals surface area (Å²) >= 11 is 0. The van der Waals surface area contributed by atoms with E-state index >= 15 is 0 Å². The molecule has 0 radical (unpaired) electrons. The van der Waals surface area contributed by atoms with Crippen molar-refractivity contribution < 1.29 is 22.8 Å². The van der Waals surface area contributed by atoms with Gasteiger partial charge in [-0.1, -0.05) is 24.3 Å². The van der Waals surface area contributed by atoms with Gasteiger partial charge in [-0.15, -0.1) is 0 Å². The molecule has 2 saturated heterocycles. The molecule has 2 aromatic rings. The van der Waals surface area contributed by atoms with E-state index in [1.807, 2.05) is 12.1 Å². The van der Waals surface area contributed by atoms with Gasteiger partial charge in [0.1, 0.15) is 6.54 Å². The van der Waals surface area contributed by atoms with Gasteiger partial charge in [-0.2, -0.15) is 13.2 Å². The Morgan fingerprint density at radius 3 is 2.76 bits per heavy atom. The van der Waals surface area contributed by atoms with Crippen molar-refractivity contribution in [1.29, 1.82) is 0 Å². The second-order valence-corrected chi connectivity index (χ2v) is 9.26. The number of rotatable bonds is 4. The Morgan fingerprint density at radius 2 is 2.03 bits per heavy atom. The molecule has 5 atom stereocenters. The van der Waals surface area contributed by atoms with E-state index in [4.69, 9.17) is 0 Å². The van der Waals surface area contributed by atoms with Crippen LogP contribution in [0.5, 0.6) is 0 Å². The summed E-state index contributed by atoms with van der Waals surface area (Å²) < 4.78 is 41.9. The number of imidazole rings is 1. The van der Waals surface area contributed by atoms with Crippen LogP contribution in [0, 0.1) is 11.8 Å². The smallest absolute Gasteiger partial charge is 0.331 e. The highest BCUT2D eigenvalue weighted by atomic mass is 19.4. The fourth-order valence-electron chi connectivity index (χ4n) is 5.92. The van der Waals surface area contributed by atoms with Crippen molar-refractivity contribution in [2.24, 2.45) is 18.9 Å². The molecule has 2 aliphatic heterocycles. The molecule has 1 aromatic carbocycles. The molecule has 0 bridgehead atoms. The number of piperidine rings is 1. The summed E-state index contributed by atoms with van der Waals surface area (Å²) in [4.78, 5) is 31.5. The molecule has 3 heterocycles. The lowest BCUT2D eigenvalue weighted by Gasteiger charge is -2.50. The fraction of sp³-hybridized carbons (Fsp3) is 0.522. The summed E-state index contributed by atoms with van der Waals surface area (Å²) in [6.45, 7) is -0.901. The molecule has 1 saturated carbocycles. The molecule has 3 aliphatic rings. The zero-order chi connectivity index (χ0) is 23.3. The molecule has 10 heteroatoms. The first-order chi connectivity index (χ1) is 15.7. The predicted octanol–water partition coefficient (Wildman–Crippen LogP) is 2.40. The van der Waals surface area contributed by atoms with Gasteiger partial charge >= 0.3 is 6.18 Å². The maximum absolute atomic E-state index is 13.4. The molecule has 1 amide bonds. The summed E-state index contributed by atoms with van der Waals surface area (Å²) in [6, 6.07) is 6.54. The Bertz CT molecular complexity index is 1070. The molecule has 1 aliphatic carbocycles. The van der Waals surface area contributed by atoms with Gasteiger partial charge in [0, 0.05) is 43.6 Å². The number of alkyl halides is 3. The van der Waals surface area contributed by atoms with E-state index in [9.17, 15) is 22.8 Å². The molecule has 2 N–H and O–H groups in total. The summed E-state index contributed by atoms with van der Waals surface area (Å²) in [6.07, 6.45) is 0.599. The van der Waals surface area contributed by atoms with Crippen LogP contribution in [0.3, 0.4) is 0 Å². The second kappa shape index (κ2) is 8.25. The first kappa shape index (κ1) is 22.1. The van der Waals surface area contributed by atoms with Crippen molar-refractivity contribution in [1.82, 2.24) is 25.3 Å². The number of likely N-dealkylation sites (tertiary alicyclic amines) is 1. The summed E-state index contributed by atoms with van der Waals surface area (Å²) in [5.74, 6) is -1.03. The highest BCUT2D eigenvalue weighted by Gasteiger charge is 2.54. The monoisotopic (exact) mass is 461 g/mol. The Balaban J connectivity index is 1.47. The molecular formula is C23H26F3N5O2. The lowest BCUT2D eigenvalue weighted by atomic mass is 9.67. The Morgan fingerprint density at radius 1 is 1.24 bits per heavy atom. The van der Waals surface area contributed by atoms with Crippen molar-refractivity contribution in [2.75, 3.05) is 13.1 Å². The topological polar surface area (TPSA) is 79.3 Å². The molecule has 5 unspecified atom stereocenters. The van der Waals surface area contributed by atoms with Gasteiger partial charge in [-0.25, -0.2) is 4.98 Å². The summed E-state index contributed by atoms with van der Waals surface area (Å²) in [7, 11) is 1.75. The minimum Gasteiger partial charge on any atom is -0.331 e. The third-order valence-electron chi connectivity index (χ3n) is 7.37. The number of aromatic nitrogens is 2. The van der Waals surface area contributed by atoms with E-state index in [-0.39, 0.29) is 23.7 Å². The molecule has 3 fully saturated rings. The van der Waals surface area contributed by atoms with Gasteiger partial charge in [0.05, 0.1) is 5.92 Å². The third kappa shape index (κ3) is 3.95. The average molecular weight is 461 g/mol. The molecule has 33 heavy (non-hydrogen) atoms. The van der Waals surface area contributed by atoms with Crippen LogP contribution in [0.1, 0.15) is 46.9 Å². The van der Waals surface area contributed by atoms with Crippen molar-refractivity contribution in [2.45, 2.75) is 43.4 Å². The summed E-state index contributed by atoms with van der Waals surface area (Å²) in [5.41, 5.74) is 7.42. The number of carbonyl (C=O) groups is 2. The lowest BCUT2D eigenvalue weighted by Crippen LogP contribution is -2.63. The van der Waals surface area contributed by atoms with Crippen LogP contribution in [0.4, 0.5) is 13.2 Å². The highest BCUT2D eigenvalue weighted by Crippen LogP contribution is 2.46. The van der Waals surface area contributed by atoms with Gasteiger partial charge in [-0.05, 0) is 36.7 Å². The zero-order valence-corrected chi connectivity index (χ0v) is 18.2. The number of nitrogens with one attached hydrogen (secondary N) is 2. The van der Waals surface area contributed by atoms with Crippen LogP contribution < -0.4 is 10.9 Å². The van der Waals surface area contributed by atoms with Crippen LogP contribution in [-0.4, -0.2) is 57.5 Å².